The van der Waals surface area contributed by atoms with Gasteiger partial charge >= 0.3 is 0 Å². The number of aromatic nitrogens is 2. The van der Waals surface area contributed by atoms with Crippen LogP contribution in [0.1, 0.15) is 30.3 Å². The van der Waals surface area contributed by atoms with Crippen LogP contribution in [0.15, 0.2) is 35.1 Å². The number of hydrogen-bond acceptors (Lipinski definition) is 4. The molecule has 1 aliphatic heterocycles. The third-order valence-electron chi connectivity index (χ3n) is 3.75. The van der Waals surface area contributed by atoms with Crippen LogP contribution in [-0.2, 0) is 0 Å². The van der Waals surface area contributed by atoms with Crippen LogP contribution >= 0.6 is 0 Å². The number of carbonyl (C=O) groups excluding carboxylic acids is 1. The fraction of sp³-hybridized carbons (Fsp3) is 0.400. The van der Waals surface area contributed by atoms with Crippen molar-refractivity contribution in [1.82, 2.24) is 15.0 Å². The summed E-state index contributed by atoms with van der Waals surface area (Å²) in [4.78, 5) is 18.2. The SMILES string of the molecule is CC1CCN(C(=O)c2cc(-c3cccnc3)on2)CC1. The molecule has 2 aromatic rings. The summed E-state index contributed by atoms with van der Waals surface area (Å²) in [6.45, 7) is 3.82. The molecule has 0 unspecified atom stereocenters. The van der Waals surface area contributed by atoms with Crippen LogP contribution in [0.5, 0.6) is 0 Å². The largest absolute Gasteiger partial charge is 0.355 e. The zero-order chi connectivity index (χ0) is 13.9. The second-order valence-corrected chi connectivity index (χ2v) is 5.29. The molecule has 5 heteroatoms. The monoisotopic (exact) mass is 271 g/mol. The summed E-state index contributed by atoms with van der Waals surface area (Å²) < 4.78 is 5.25. The van der Waals surface area contributed by atoms with Gasteiger partial charge in [-0.05, 0) is 30.9 Å². The first-order chi connectivity index (χ1) is 9.74. The topological polar surface area (TPSA) is 59.2 Å². The fourth-order valence-corrected chi connectivity index (χ4v) is 2.39. The minimum Gasteiger partial charge on any atom is -0.355 e. The molecule has 0 atom stereocenters. The molecule has 0 bridgehead atoms. The summed E-state index contributed by atoms with van der Waals surface area (Å²) in [7, 11) is 0. The molecule has 0 radical (unpaired) electrons. The van der Waals surface area contributed by atoms with E-state index in [4.69, 9.17) is 4.52 Å². The molecule has 0 aromatic carbocycles. The van der Waals surface area contributed by atoms with Gasteiger partial charge in [0.15, 0.2) is 11.5 Å². The van der Waals surface area contributed by atoms with Crippen molar-refractivity contribution in [1.29, 1.82) is 0 Å². The average Bonchev–Trinajstić information content (AvgIpc) is 2.98. The average molecular weight is 271 g/mol. The Morgan fingerprint density at radius 3 is 2.90 bits per heavy atom. The number of likely N-dealkylation sites (tertiary alicyclic amines) is 1. The molecule has 3 rings (SSSR count). The molecule has 0 saturated carbocycles. The van der Waals surface area contributed by atoms with Gasteiger partial charge in [0.2, 0.25) is 0 Å². The molecule has 3 heterocycles. The first-order valence-electron chi connectivity index (χ1n) is 6.90. The highest BCUT2D eigenvalue weighted by Gasteiger charge is 2.24. The number of hydrogen-bond donors (Lipinski definition) is 0. The van der Waals surface area contributed by atoms with Crippen molar-refractivity contribution in [3.63, 3.8) is 0 Å². The van der Waals surface area contributed by atoms with Crippen molar-refractivity contribution in [2.24, 2.45) is 5.92 Å². The highest BCUT2D eigenvalue weighted by atomic mass is 16.5. The number of nitrogens with zero attached hydrogens (tertiary/aromatic N) is 3. The van der Waals surface area contributed by atoms with E-state index in [1.807, 2.05) is 17.0 Å². The van der Waals surface area contributed by atoms with Crippen LogP contribution in [0.4, 0.5) is 0 Å². The summed E-state index contributed by atoms with van der Waals surface area (Å²) in [5, 5.41) is 3.89. The van der Waals surface area contributed by atoms with Crippen LogP contribution in [0.3, 0.4) is 0 Å². The summed E-state index contributed by atoms with van der Waals surface area (Å²) in [6.07, 6.45) is 5.50. The molecule has 2 aromatic heterocycles. The molecule has 20 heavy (non-hydrogen) atoms. The highest BCUT2D eigenvalue weighted by Crippen LogP contribution is 2.22. The van der Waals surface area contributed by atoms with Crippen molar-refractivity contribution in [2.75, 3.05) is 13.1 Å². The fourth-order valence-electron chi connectivity index (χ4n) is 2.39. The summed E-state index contributed by atoms with van der Waals surface area (Å²) in [6, 6.07) is 5.40. The second kappa shape index (κ2) is 5.45. The molecule has 0 N–H and O–H groups in total. The molecule has 1 amide bonds. The lowest BCUT2D eigenvalue weighted by Gasteiger charge is -2.29. The van der Waals surface area contributed by atoms with Crippen molar-refractivity contribution in [2.45, 2.75) is 19.8 Å². The Labute approximate surface area is 117 Å². The zero-order valence-electron chi connectivity index (χ0n) is 11.5. The molecular weight excluding hydrogens is 254 g/mol. The quantitative estimate of drug-likeness (QED) is 0.842. The molecule has 104 valence electrons. The lowest BCUT2D eigenvalue weighted by Crippen LogP contribution is -2.38. The molecule has 0 spiro atoms. The third-order valence-corrected chi connectivity index (χ3v) is 3.75. The summed E-state index contributed by atoms with van der Waals surface area (Å²) in [5.41, 5.74) is 1.20. The van der Waals surface area contributed by atoms with E-state index in [1.54, 1.807) is 18.5 Å². The van der Waals surface area contributed by atoms with E-state index in [1.165, 1.54) is 0 Å². The van der Waals surface area contributed by atoms with Gasteiger partial charge in [0.25, 0.3) is 5.91 Å². The van der Waals surface area contributed by atoms with Gasteiger partial charge in [0.1, 0.15) is 0 Å². The van der Waals surface area contributed by atoms with E-state index >= 15 is 0 Å². The Morgan fingerprint density at radius 2 is 2.20 bits per heavy atom. The van der Waals surface area contributed by atoms with Gasteiger partial charge in [0, 0.05) is 37.1 Å². The van der Waals surface area contributed by atoms with Gasteiger partial charge in [-0.2, -0.15) is 0 Å². The second-order valence-electron chi connectivity index (χ2n) is 5.29. The van der Waals surface area contributed by atoms with E-state index in [0.717, 1.165) is 31.5 Å². The van der Waals surface area contributed by atoms with Crippen molar-refractivity contribution >= 4 is 5.91 Å². The summed E-state index contributed by atoms with van der Waals surface area (Å²) >= 11 is 0. The molecule has 1 aliphatic rings. The minimum atomic E-state index is -0.0456. The number of carbonyl (C=O) groups is 1. The van der Waals surface area contributed by atoms with Crippen LogP contribution in [0, 0.1) is 5.92 Å². The highest BCUT2D eigenvalue weighted by molar-refractivity contribution is 5.93. The normalized spacial score (nSPS) is 16.4. The molecule has 1 saturated heterocycles. The Balaban J connectivity index is 1.75. The maximum Gasteiger partial charge on any atom is 0.276 e. The van der Waals surface area contributed by atoms with E-state index < -0.39 is 0 Å². The van der Waals surface area contributed by atoms with Gasteiger partial charge < -0.3 is 9.42 Å². The summed E-state index contributed by atoms with van der Waals surface area (Å²) in [5.74, 6) is 1.23. The molecular formula is C15H17N3O2. The Hall–Kier alpha value is -2.17. The van der Waals surface area contributed by atoms with E-state index in [-0.39, 0.29) is 5.91 Å². The van der Waals surface area contributed by atoms with Crippen LogP contribution in [0.25, 0.3) is 11.3 Å². The van der Waals surface area contributed by atoms with E-state index in [2.05, 4.69) is 17.1 Å². The van der Waals surface area contributed by atoms with Gasteiger partial charge in [0.05, 0.1) is 0 Å². The predicted octanol–water partition coefficient (Wildman–Crippen LogP) is 2.61. The van der Waals surface area contributed by atoms with Crippen molar-refractivity contribution in [3.8, 4) is 11.3 Å². The number of rotatable bonds is 2. The van der Waals surface area contributed by atoms with Crippen molar-refractivity contribution in [3.05, 3.63) is 36.3 Å². The van der Waals surface area contributed by atoms with Gasteiger partial charge in [-0.3, -0.25) is 9.78 Å². The lowest BCUT2D eigenvalue weighted by atomic mass is 9.99. The third kappa shape index (κ3) is 2.57. The lowest BCUT2D eigenvalue weighted by molar-refractivity contribution is 0.0687. The van der Waals surface area contributed by atoms with Crippen LogP contribution < -0.4 is 0 Å². The van der Waals surface area contributed by atoms with Crippen LogP contribution in [0.2, 0.25) is 0 Å². The molecule has 5 nitrogen and oxygen atoms in total. The zero-order valence-corrected chi connectivity index (χ0v) is 11.5. The maximum atomic E-state index is 12.3. The minimum absolute atomic E-state index is 0.0456. The van der Waals surface area contributed by atoms with E-state index in [0.29, 0.717) is 17.4 Å². The first-order valence-corrected chi connectivity index (χ1v) is 6.90. The Morgan fingerprint density at radius 1 is 1.40 bits per heavy atom. The predicted molar refractivity (Wildman–Crippen MR) is 74.0 cm³/mol. The Kier molecular flexibility index (Phi) is 3.50. The Bertz CT molecular complexity index is 586. The number of piperidine rings is 1. The van der Waals surface area contributed by atoms with Gasteiger partial charge in [-0.15, -0.1) is 0 Å². The van der Waals surface area contributed by atoms with Gasteiger partial charge in [-0.1, -0.05) is 12.1 Å². The van der Waals surface area contributed by atoms with Crippen LogP contribution in [-0.4, -0.2) is 34.0 Å². The standard InChI is InChI=1S/C15H17N3O2/c1-11-4-7-18(8-5-11)15(19)13-9-14(20-17-13)12-3-2-6-16-10-12/h2-3,6,9-11H,4-5,7-8H2,1H3. The molecule has 0 aliphatic carbocycles. The number of pyridine rings is 1. The molecule has 1 fully saturated rings. The van der Waals surface area contributed by atoms with Gasteiger partial charge in [-0.25, -0.2) is 0 Å². The number of amides is 1. The smallest absolute Gasteiger partial charge is 0.276 e. The first kappa shape index (κ1) is 12.8. The maximum absolute atomic E-state index is 12.3. The van der Waals surface area contributed by atoms with Crippen molar-refractivity contribution < 1.29 is 9.32 Å². The van der Waals surface area contributed by atoms with E-state index in [9.17, 15) is 4.79 Å².